The van der Waals surface area contributed by atoms with Crippen molar-refractivity contribution in [2.45, 2.75) is 13.0 Å². The van der Waals surface area contributed by atoms with E-state index in [0.717, 1.165) is 0 Å². The molecule has 2 N–H and O–H groups in total. The fourth-order valence-corrected chi connectivity index (χ4v) is 4.37. The minimum Gasteiger partial charge on any atom is -0.368 e. The first-order valence-corrected chi connectivity index (χ1v) is 10.1. The van der Waals surface area contributed by atoms with Crippen LogP contribution in [0.5, 0.6) is 0 Å². The Kier molecular flexibility index (Phi) is 6.99. The molecule has 0 saturated carbocycles. The van der Waals surface area contributed by atoms with Crippen molar-refractivity contribution >= 4 is 67.5 Å². The van der Waals surface area contributed by atoms with Crippen molar-refractivity contribution in [3.8, 4) is 5.69 Å². The van der Waals surface area contributed by atoms with Crippen molar-refractivity contribution in [2.24, 2.45) is 5.92 Å². The predicted octanol–water partition coefficient (Wildman–Crippen LogP) is 3.59. The van der Waals surface area contributed by atoms with Gasteiger partial charge in [0.15, 0.2) is 11.6 Å². The molecule has 0 unspecified atom stereocenters. The van der Waals surface area contributed by atoms with Crippen LogP contribution in [-0.2, 0) is 0 Å². The lowest BCUT2D eigenvalue weighted by Crippen LogP contribution is -2.51. The van der Waals surface area contributed by atoms with Gasteiger partial charge in [-0.2, -0.15) is 37.1 Å². The van der Waals surface area contributed by atoms with Gasteiger partial charge in [-0.3, -0.25) is 9.36 Å². The summed E-state index contributed by atoms with van der Waals surface area (Å²) in [6, 6.07) is 10.8. The molecule has 12 heteroatoms. The molecule has 2 atom stereocenters. The summed E-state index contributed by atoms with van der Waals surface area (Å²) in [4.78, 5) is 23.7. The quantitative estimate of drug-likeness (QED) is 0.453. The summed E-state index contributed by atoms with van der Waals surface area (Å²) in [7, 11) is 0. The van der Waals surface area contributed by atoms with Gasteiger partial charge in [0.1, 0.15) is 10.5 Å². The molecule has 1 aliphatic rings. The van der Waals surface area contributed by atoms with Crippen LogP contribution in [0.2, 0.25) is 10.0 Å². The molecule has 0 spiro atoms. The summed E-state index contributed by atoms with van der Waals surface area (Å²) in [5.74, 6) is 1.42. The van der Waals surface area contributed by atoms with E-state index in [0.29, 0.717) is 39.4 Å². The van der Waals surface area contributed by atoms with E-state index in [4.69, 9.17) is 34.0 Å². The Labute approximate surface area is 207 Å². The van der Waals surface area contributed by atoms with Crippen molar-refractivity contribution in [1.29, 1.82) is 0 Å². The first kappa shape index (κ1) is 24.2. The normalized spacial score (nSPS) is 17.4. The van der Waals surface area contributed by atoms with Gasteiger partial charge in [0.05, 0.1) is 22.9 Å². The molecular formula is C20H21Cl2N7OS2. The van der Waals surface area contributed by atoms with Gasteiger partial charge in [0, 0.05) is 18.7 Å². The van der Waals surface area contributed by atoms with Gasteiger partial charge in [-0.1, -0.05) is 48.3 Å². The highest BCUT2D eigenvalue weighted by Crippen LogP contribution is 2.43. The topological polar surface area (TPSA) is 94.3 Å². The van der Waals surface area contributed by atoms with Crippen LogP contribution in [0, 0.1) is 5.92 Å². The molecule has 1 fully saturated rings. The lowest BCUT2D eigenvalue weighted by molar-refractivity contribution is 0.300. The first-order chi connectivity index (χ1) is 14.5. The molecule has 32 heavy (non-hydrogen) atoms. The van der Waals surface area contributed by atoms with Crippen LogP contribution in [0.3, 0.4) is 0 Å². The van der Waals surface area contributed by atoms with Crippen molar-refractivity contribution in [3.05, 3.63) is 75.0 Å². The number of nitrogens with two attached hydrogens (primary N) is 1. The van der Waals surface area contributed by atoms with Gasteiger partial charge >= 0.3 is 0 Å². The SMILES string of the molecule is C[C@H]1CN(c2nc(N)ncc2Cl)[C@@H]1c1nn2ccc(Cl)c2c(=O)n1-c1ccccc1.S.S. The molecule has 8 nitrogen and oxygen atoms in total. The number of halogens is 2. The summed E-state index contributed by atoms with van der Waals surface area (Å²) < 4.78 is 3.13. The molecule has 3 aromatic heterocycles. The third-order valence-electron chi connectivity index (χ3n) is 5.32. The molecule has 5 rings (SSSR count). The fourth-order valence-electron chi connectivity index (χ4n) is 3.94. The van der Waals surface area contributed by atoms with E-state index in [1.54, 1.807) is 16.8 Å². The van der Waals surface area contributed by atoms with E-state index in [-0.39, 0.29) is 50.5 Å². The molecule has 0 amide bonds. The fraction of sp³-hybridized carbons (Fsp3) is 0.200. The monoisotopic (exact) mass is 509 g/mol. The van der Waals surface area contributed by atoms with Gasteiger partial charge in [0.25, 0.3) is 5.56 Å². The minimum absolute atomic E-state index is 0. The Bertz CT molecular complexity index is 1330. The van der Waals surface area contributed by atoms with E-state index in [1.807, 2.05) is 35.2 Å². The maximum absolute atomic E-state index is 13.5. The van der Waals surface area contributed by atoms with Crippen molar-refractivity contribution in [2.75, 3.05) is 17.2 Å². The van der Waals surface area contributed by atoms with E-state index in [2.05, 4.69) is 16.9 Å². The number of hydrogen-bond donors (Lipinski definition) is 1. The molecular weight excluding hydrogens is 489 g/mol. The zero-order valence-electron chi connectivity index (χ0n) is 16.9. The molecule has 1 saturated heterocycles. The Morgan fingerprint density at radius 3 is 2.50 bits per heavy atom. The van der Waals surface area contributed by atoms with Crippen LogP contribution < -0.4 is 16.2 Å². The zero-order valence-corrected chi connectivity index (χ0v) is 20.4. The Hall–Kier alpha value is -2.40. The van der Waals surface area contributed by atoms with E-state index in [9.17, 15) is 4.79 Å². The summed E-state index contributed by atoms with van der Waals surface area (Å²) in [6.07, 6.45) is 3.16. The average Bonchev–Trinajstić information content (AvgIpc) is 3.10. The molecule has 4 aromatic rings. The molecule has 4 heterocycles. The number of hydrogen-bond acceptors (Lipinski definition) is 6. The van der Waals surface area contributed by atoms with E-state index < -0.39 is 0 Å². The number of nitrogen functional groups attached to an aromatic ring is 1. The van der Waals surface area contributed by atoms with E-state index in [1.165, 1.54) is 10.7 Å². The maximum Gasteiger partial charge on any atom is 0.284 e. The number of aromatic nitrogens is 5. The summed E-state index contributed by atoms with van der Waals surface area (Å²) in [5.41, 5.74) is 6.58. The van der Waals surface area contributed by atoms with Crippen molar-refractivity contribution in [3.63, 3.8) is 0 Å². The third kappa shape index (κ3) is 3.81. The van der Waals surface area contributed by atoms with Gasteiger partial charge in [-0.05, 0) is 18.2 Å². The van der Waals surface area contributed by atoms with Crippen LogP contribution in [0.1, 0.15) is 18.8 Å². The number of rotatable bonds is 3. The maximum atomic E-state index is 13.5. The first-order valence-electron chi connectivity index (χ1n) is 9.35. The second-order valence-electron chi connectivity index (χ2n) is 7.27. The van der Waals surface area contributed by atoms with Gasteiger partial charge < -0.3 is 10.6 Å². The average molecular weight is 510 g/mol. The smallest absolute Gasteiger partial charge is 0.284 e. The lowest BCUT2D eigenvalue weighted by atomic mass is 9.89. The molecule has 0 aliphatic carbocycles. The number of fused-ring (bicyclic) bond motifs is 1. The number of anilines is 2. The van der Waals surface area contributed by atoms with Gasteiger partial charge in [-0.25, -0.2) is 9.50 Å². The standard InChI is InChI=1S/C20H17Cl2N7O.2H2S/c1-11-10-27(17-14(22)9-24-20(23)25-17)15(11)18-26-28-8-7-13(21)16(28)19(30)29(18)12-5-3-2-4-6-12;;/h2-9,11,15H,10H2,1H3,(H2,23,24,25);2*1H2/t11-,15-;;/m0../s1. The van der Waals surface area contributed by atoms with Crippen LogP contribution in [0.15, 0.2) is 53.6 Å². The minimum atomic E-state index is -0.242. The molecule has 1 aliphatic heterocycles. The Morgan fingerprint density at radius 1 is 1.09 bits per heavy atom. The van der Waals surface area contributed by atoms with E-state index >= 15 is 0 Å². The summed E-state index contributed by atoms with van der Waals surface area (Å²) in [6.45, 7) is 2.78. The number of nitrogens with zero attached hydrogens (tertiary/aromatic N) is 6. The lowest BCUT2D eigenvalue weighted by Gasteiger charge is -2.47. The van der Waals surface area contributed by atoms with Crippen LogP contribution in [-0.4, -0.2) is 30.7 Å². The summed E-state index contributed by atoms with van der Waals surface area (Å²) in [5, 5.41) is 5.51. The highest BCUT2D eigenvalue weighted by Gasteiger charge is 2.42. The highest BCUT2D eigenvalue weighted by molar-refractivity contribution is 7.59. The Morgan fingerprint density at radius 2 is 1.81 bits per heavy atom. The third-order valence-corrected chi connectivity index (χ3v) is 5.89. The van der Waals surface area contributed by atoms with Crippen LogP contribution in [0.25, 0.3) is 11.2 Å². The largest absolute Gasteiger partial charge is 0.368 e. The van der Waals surface area contributed by atoms with Crippen LogP contribution in [0.4, 0.5) is 11.8 Å². The predicted molar refractivity (Wildman–Crippen MR) is 137 cm³/mol. The van der Waals surface area contributed by atoms with Crippen LogP contribution >= 0.6 is 50.2 Å². The number of benzene rings is 1. The Balaban J connectivity index is 0.00000144. The zero-order chi connectivity index (χ0) is 21.0. The van der Waals surface area contributed by atoms with Gasteiger partial charge in [0.2, 0.25) is 5.95 Å². The molecule has 168 valence electrons. The van der Waals surface area contributed by atoms with Gasteiger partial charge in [-0.15, -0.1) is 0 Å². The second kappa shape index (κ2) is 9.22. The second-order valence-corrected chi connectivity index (χ2v) is 8.08. The molecule has 0 radical (unpaired) electrons. The molecule has 0 bridgehead atoms. The summed E-state index contributed by atoms with van der Waals surface area (Å²) >= 11 is 12.6. The van der Waals surface area contributed by atoms with Crippen molar-refractivity contribution < 1.29 is 0 Å². The highest BCUT2D eigenvalue weighted by atomic mass is 35.5. The molecule has 1 aromatic carbocycles. The number of para-hydroxylation sites is 1. The van der Waals surface area contributed by atoms with Crippen molar-refractivity contribution in [1.82, 2.24) is 24.1 Å².